The van der Waals surface area contributed by atoms with Gasteiger partial charge in [-0.1, -0.05) is 41.9 Å². The van der Waals surface area contributed by atoms with Gasteiger partial charge < -0.3 is 25.2 Å². The van der Waals surface area contributed by atoms with Gasteiger partial charge in [-0.25, -0.2) is 0 Å². The molecule has 6 heteroatoms. The number of ether oxygens (including phenoxy) is 2. The van der Waals surface area contributed by atoms with Gasteiger partial charge in [-0.2, -0.15) is 0 Å². The van der Waals surface area contributed by atoms with Crippen LogP contribution < -0.4 is 15.2 Å². The van der Waals surface area contributed by atoms with Gasteiger partial charge in [0.2, 0.25) is 0 Å². The molecule has 0 spiro atoms. The standard InChI is InChI=1S/C29H35ClN2O3/c1-19-20(2)29(27(30)21(3)28(19)31)34-18-24(33)17-32-15-13-23(14-16-32)22-9-11-26(12-10-22)35-25-7-5-4-6-8-25/h4-12,23-24,33H,13-18,31H2,1-3H3. The summed E-state index contributed by atoms with van der Waals surface area (Å²) in [6, 6.07) is 18.3. The van der Waals surface area contributed by atoms with Crippen molar-refractivity contribution in [2.24, 2.45) is 0 Å². The first-order chi connectivity index (χ1) is 16.8. The Bertz CT molecular complexity index is 1100. The molecule has 186 valence electrons. The number of nitrogens with zero attached hydrogens (tertiary/aromatic N) is 1. The number of rotatable bonds is 8. The van der Waals surface area contributed by atoms with Crippen LogP contribution in [-0.2, 0) is 0 Å². The molecule has 0 aromatic heterocycles. The van der Waals surface area contributed by atoms with E-state index in [1.165, 1.54) is 5.56 Å². The number of piperidine rings is 1. The summed E-state index contributed by atoms with van der Waals surface area (Å²) in [4.78, 5) is 2.31. The SMILES string of the molecule is Cc1c(C)c(OCC(O)CN2CCC(c3ccc(Oc4ccccc4)cc3)CC2)c(Cl)c(C)c1N. The fraction of sp³-hybridized carbons (Fsp3) is 0.379. The monoisotopic (exact) mass is 494 g/mol. The smallest absolute Gasteiger partial charge is 0.141 e. The summed E-state index contributed by atoms with van der Waals surface area (Å²) >= 11 is 6.47. The molecule has 3 aromatic carbocycles. The second kappa shape index (κ2) is 11.3. The van der Waals surface area contributed by atoms with Gasteiger partial charge in [0.25, 0.3) is 0 Å². The van der Waals surface area contributed by atoms with E-state index in [2.05, 4.69) is 17.0 Å². The number of para-hydroxylation sites is 1. The molecule has 1 atom stereocenters. The number of nitrogens with two attached hydrogens (primary N) is 1. The van der Waals surface area contributed by atoms with Crippen molar-refractivity contribution in [3.8, 4) is 17.2 Å². The van der Waals surface area contributed by atoms with E-state index in [4.69, 9.17) is 26.8 Å². The van der Waals surface area contributed by atoms with Crippen LogP contribution in [0.2, 0.25) is 5.02 Å². The minimum absolute atomic E-state index is 0.201. The summed E-state index contributed by atoms with van der Waals surface area (Å²) in [5, 5.41) is 11.2. The molecule has 5 nitrogen and oxygen atoms in total. The fourth-order valence-electron chi connectivity index (χ4n) is 4.69. The van der Waals surface area contributed by atoms with Gasteiger partial charge in [-0.3, -0.25) is 0 Å². The third-order valence-corrected chi connectivity index (χ3v) is 7.50. The van der Waals surface area contributed by atoms with Crippen molar-refractivity contribution in [3.63, 3.8) is 0 Å². The Hall–Kier alpha value is -2.73. The topological polar surface area (TPSA) is 68.0 Å². The number of anilines is 1. The molecule has 0 amide bonds. The number of nitrogen functional groups attached to an aromatic ring is 1. The van der Waals surface area contributed by atoms with E-state index in [-0.39, 0.29) is 6.61 Å². The number of aliphatic hydroxyl groups excluding tert-OH is 1. The van der Waals surface area contributed by atoms with Crippen LogP contribution in [-0.4, -0.2) is 42.4 Å². The van der Waals surface area contributed by atoms with Crippen molar-refractivity contribution in [1.82, 2.24) is 4.90 Å². The lowest BCUT2D eigenvalue weighted by molar-refractivity contribution is 0.0592. The van der Waals surface area contributed by atoms with E-state index in [1.54, 1.807) is 0 Å². The average Bonchev–Trinajstić information content (AvgIpc) is 2.88. The van der Waals surface area contributed by atoms with Crippen molar-refractivity contribution in [1.29, 1.82) is 0 Å². The van der Waals surface area contributed by atoms with Gasteiger partial charge in [-0.15, -0.1) is 0 Å². The Balaban J connectivity index is 1.25. The van der Waals surface area contributed by atoms with Crippen molar-refractivity contribution in [2.45, 2.75) is 45.6 Å². The molecule has 0 bridgehead atoms. The molecule has 1 unspecified atom stereocenters. The van der Waals surface area contributed by atoms with Crippen molar-refractivity contribution in [2.75, 3.05) is 32.0 Å². The second-order valence-electron chi connectivity index (χ2n) is 9.46. The molecule has 0 saturated carbocycles. The number of benzene rings is 3. The van der Waals surface area contributed by atoms with Gasteiger partial charge in [-0.05, 0) is 99.1 Å². The van der Waals surface area contributed by atoms with Crippen LogP contribution >= 0.6 is 11.6 Å². The minimum atomic E-state index is -0.588. The maximum Gasteiger partial charge on any atom is 0.141 e. The molecular formula is C29H35ClN2O3. The average molecular weight is 495 g/mol. The highest BCUT2D eigenvalue weighted by molar-refractivity contribution is 6.33. The predicted molar refractivity (Wildman–Crippen MR) is 143 cm³/mol. The van der Waals surface area contributed by atoms with Gasteiger partial charge in [0.15, 0.2) is 0 Å². The Morgan fingerprint density at radius 2 is 1.57 bits per heavy atom. The lowest BCUT2D eigenvalue weighted by Gasteiger charge is -2.33. The van der Waals surface area contributed by atoms with Gasteiger partial charge >= 0.3 is 0 Å². The maximum absolute atomic E-state index is 10.6. The maximum atomic E-state index is 10.6. The van der Waals surface area contributed by atoms with Crippen LogP contribution in [0.3, 0.4) is 0 Å². The molecule has 0 aliphatic carbocycles. The summed E-state index contributed by atoms with van der Waals surface area (Å²) < 4.78 is 11.9. The number of hydrogen-bond donors (Lipinski definition) is 2. The van der Waals surface area contributed by atoms with Crippen LogP contribution in [0.4, 0.5) is 5.69 Å². The Morgan fingerprint density at radius 3 is 2.23 bits per heavy atom. The van der Waals surface area contributed by atoms with E-state index < -0.39 is 6.10 Å². The van der Waals surface area contributed by atoms with E-state index >= 15 is 0 Å². The van der Waals surface area contributed by atoms with Crippen LogP contribution in [0, 0.1) is 20.8 Å². The number of likely N-dealkylation sites (tertiary alicyclic amines) is 1. The van der Waals surface area contributed by atoms with Crippen LogP contribution in [0.1, 0.15) is 41.0 Å². The molecule has 0 radical (unpaired) electrons. The first kappa shape index (κ1) is 25.4. The molecule has 4 rings (SSSR count). The van der Waals surface area contributed by atoms with Crippen LogP contribution in [0.15, 0.2) is 54.6 Å². The van der Waals surface area contributed by atoms with Crippen LogP contribution in [0.5, 0.6) is 17.2 Å². The zero-order valence-corrected chi connectivity index (χ0v) is 21.5. The predicted octanol–water partition coefficient (Wildman–Crippen LogP) is 6.26. The molecule has 35 heavy (non-hydrogen) atoms. The summed E-state index contributed by atoms with van der Waals surface area (Å²) in [6.07, 6.45) is 1.54. The molecular weight excluding hydrogens is 460 g/mol. The molecule has 3 N–H and O–H groups in total. The highest BCUT2D eigenvalue weighted by atomic mass is 35.5. The van der Waals surface area contributed by atoms with E-state index in [0.717, 1.165) is 54.1 Å². The van der Waals surface area contributed by atoms with E-state index in [1.807, 2.05) is 63.2 Å². The molecule has 3 aromatic rings. The Kier molecular flexibility index (Phi) is 8.22. The molecule has 1 fully saturated rings. The number of hydrogen-bond acceptors (Lipinski definition) is 5. The zero-order valence-electron chi connectivity index (χ0n) is 20.8. The van der Waals surface area contributed by atoms with Gasteiger partial charge in [0.05, 0.1) is 5.02 Å². The quantitative estimate of drug-likeness (QED) is 0.362. The summed E-state index contributed by atoms with van der Waals surface area (Å²) in [5.41, 5.74) is 10.9. The summed E-state index contributed by atoms with van der Waals surface area (Å²) in [5.74, 6) is 2.83. The Labute approximate surface area is 213 Å². The van der Waals surface area contributed by atoms with Gasteiger partial charge in [0.1, 0.15) is 30.0 Å². The van der Waals surface area contributed by atoms with Crippen molar-refractivity contribution >= 4 is 17.3 Å². The number of aliphatic hydroxyl groups is 1. The molecule has 1 heterocycles. The van der Waals surface area contributed by atoms with Crippen molar-refractivity contribution in [3.05, 3.63) is 81.9 Å². The summed E-state index contributed by atoms with van der Waals surface area (Å²) in [6.45, 7) is 8.48. The van der Waals surface area contributed by atoms with E-state index in [0.29, 0.717) is 28.9 Å². The normalized spacial score (nSPS) is 15.7. The number of halogens is 1. The largest absolute Gasteiger partial charge is 0.489 e. The molecule has 1 aliphatic heterocycles. The lowest BCUT2D eigenvalue weighted by Crippen LogP contribution is -2.40. The second-order valence-corrected chi connectivity index (χ2v) is 9.83. The fourth-order valence-corrected chi connectivity index (χ4v) is 4.99. The minimum Gasteiger partial charge on any atom is -0.489 e. The van der Waals surface area contributed by atoms with E-state index in [9.17, 15) is 5.11 Å². The summed E-state index contributed by atoms with van der Waals surface area (Å²) in [7, 11) is 0. The van der Waals surface area contributed by atoms with Crippen molar-refractivity contribution < 1.29 is 14.6 Å². The lowest BCUT2D eigenvalue weighted by atomic mass is 9.89. The molecule has 1 saturated heterocycles. The highest BCUT2D eigenvalue weighted by Gasteiger charge is 2.23. The number of β-amino-alcohol motifs (C(OH)–C–C–N with tert-alkyl or cyclic N) is 1. The first-order valence-electron chi connectivity index (χ1n) is 12.2. The molecule has 1 aliphatic rings. The van der Waals surface area contributed by atoms with Crippen LogP contribution in [0.25, 0.3) is 0 Å². The Morgan fingerprint density at radius 1 is 0.943 bits per heavy atom. The zero-order chi connectivity index (χ0) is 24.9. The highest BCUT2D eigenvalue weighted by Crippen LogP contribution is 2.38. The third kappa shape index (κ3) is 6.10. The first-order valence-corrected chi connectivity index (χ1v) is 12.6. The third-order valence-electron chi connectivity index (χ3n) is 7.05. The van der Waals surface area contributed by atoms with Gasteiger partial charge in [0, 0.05) is 12.2 Å².